The number of thiophene rings is 2. The first kappa shape index (κ1) is 31.2. The Hall–Kier alpha value is -0.740. The number of fused-ring (bicyclic) bond motifs is 1. The van der Waals surface area contributed by atoms with Crippen LogP contribution in [0.1, 0.15) is 90.2 Å². The minimum Gasteiger partial charge on any atom is -0.203 e. The molecule has 2 nitrogen and oxygen atoms in total. The molecule has 0 aliphatic rings. The van der Waals surface area contributed by atoms with Gasteiger partial charge in [-0.25, -0.2) is 8.78 Å². The Morgan fingerprint density at radius 1 is 0.718 bits per heavy atom. The van der Waals surface area contributed by atoms with E-state index in [1.165, 1.54) is 61.2 Å². The molecule has 0 spiro atoms. The number of hydrogen-bond donors (Lipinski definition) is 0. The molecule has 0 fully saturated rings. The van der Waals surface area contributed by atoms with Crippen LogP contribution in [0.3, 0.4) is 0 Å². The number of nitrogens with zero attached hydrogens (tertiary/aromatic N) is 2. The van der Waals surface area contributed by atoms with E-state index in [0.717, 1.165) is 56.1 Å². The minimum atomic E-state index is -0.844. The predicted octanol–water partition coefficient (Wildman–Crippen LogP) is 12.5. The number of aromatic nitrogens is 2. The van der Waals surface area contributed by atoms with Crippen molar-refractivity contribution < 1.29 is 8.78 Å². The second kappa shape index (κ2) is 14.4. The first-order valence-corrected chi connectivity index (χ1v) is 18.0. The van der Waals surface area contributed by atoms with Crippen LogP contribution in [-0.2, 0) is 12.8 Å². The maximum absolute atomic E-state index is 15.9. The molecule has 0 radical (unpaired) electrons. The van der Waals surface area contributed by atoms with Gasteiger partial charge in [0.25, 0.3) is 0 Å². The first-order valence-electron chi connectivity index (χ1n) is 14.0. The molecular formula is C30H36Br2F2N2S3. The monoisotopic (exact) mass is 716 g/mol. The maximum atomic E-state index is 15.9. The second-order valence-electron chi connectivity index (χ2n) is 10.4. The van der Waals surface area contributed by atoms with Gasteiger partial charge >= 0.3 is 0 Å². The molecule has 0 saturated heterocycles. The highest BCUT2D eigenvalue weighted by Crippen LogP contribution is 2.46. The van der Waals surface area contributed by atoms with Crippen LogP contribution >= 0.6 is 66.3 Å². The second-order valence-corrected chi connectivity index (χ2v) is 15.7. The van der Waals surface area contributed by atoms with Crippen molar-refractivity contribution in [2.24, 2.45) is 11.8 Å². The van der Waals surface area contributed by atoms with Crippen LogP contribution in [0, 0.1) is 23.5 Å². The highest BCUT2D eigenvalue weighted by atomic mass is 79.9. The van der Waals surface area contributed by atoms with Crippen LogP contribution < -0.4 is 0 Å². The van der Waals surface area contributed by atoms with E-state index >= 15 is 8.78 Å². The lowest BCUT2D eigenvalue weighted by molar-refractivity contribution is 0.449. The summed E-state index contributed by atoms with van der Waals surface area (Å²) in [5.41, 5.74) is 3.62. The van der Waals surface area contributed by atoms with Gasteiger partial charge in [0.1, 0.15) is 11.0 Å². The summed E-state index contributed by atoms with van der Waals surface area (Å²) in [4.78, 5) is 1.38. The summed E-state index contributed by atoms with van der Waals surface area (Å²) < 4.78 is 42.8. The number of hydrogen-bond acceptors (Lipinski definition) is 5. The fourth-order valence-corrected chi connectivity index (χ4v) is 9.31. The third kappa shape index (κ3) is 7.02. The lowest BCUT2D eigenvalue weighted by Gasteiger charge is -2.13. The van der Waals surface area contributed by atoms with E-state index in [2.05, 4.69) is 68.3 Å². The maximum Gasteiger partial charge on any atom is 0.170 e. The molecule has 0 aliphatic carbocycles. The van der Waals surface area contributed by atoms with Gasteiger partial charge in [0.15, 0.2) is 11.6 Å². The predicted molar refractivity (Wildman–Crippen MR) is 173 cm³/mol. The Kier molecular flexibility index (Phi) is 11.5. The number of benzene rings is 1. The van der Waals surface area contributed by atoms with Gasteiger partial charge in [-0.3, -0.25) is 0 Å². The zero-order valence-corrected chi connectivity index (χ0v) is 28.6. The molecule has 0 aliphatic heterocycles. The summed E-state index contributed by atoms with van der Waals surface area (Å²) in [5, 5.41) is 0. The zero-order valence-electron chi connectivity index (χ0n) is 23.0. The molecule has 39 heavy (non-hydrogen) atoms. The van der Waals surface area contributed by atoms with Gasteiger partial charge in [-0.15, -0.1) is 22.7 Å². The number of halogens is 4. The quantitative estimate of drug-likeness (QED) is 0.130. The lowest BCUT2D eigenvalue weighted by atomic mass is 9.92. The first-order chi connectivity index (χ1) is 18.8. The molecule has 0 unspecified atom stereocenters. The van der Waals surface area contributed by atoms with E-state index in [4.69, 9.17) is 0 Å². The third-order valence-electron chi connectivity index (χ3n) is 7.71. The molecule has 4 rings (SSSR count). The fraction of sp³-hybridized carbons (Fsp3) is 0.533. The smallest absolute Gasteiger partial charge is 0.170 e. The highest BCUT2D eigenvalue weighted by Gasteiger charge is 2.28. The Morgan fingerprint density at radius 3 is 1.49 bits per heavy atom. The SMILES string of the molecule is CCCC[C@@H](CC)Cc1cc(-c2c(F)c(F)c(-c3cc(C[C@@H](CC)CCCC)c(Br)s3)c3nsnc23)sc1Br. The van der Waals surface area contributed by atoms with Crippen LogP contribution in [0.15, 0.2) is 19.7 Å². The van der Waals surface area contributed by atoms with Gasteiger partial charge in [0.05, 0.1) is 30.4 Å². The van der Waals surface area contributed by atoms with Crippen LogP contribution in [0.4, 0.5) is 8.78 Å². The molecule has 3 aromatic heterocycles. The molecule has 0 saturated carbocycles. The van der Waals surface area contributed by atoms with Crippen LogP contribution in [0.2, 0.25) is 0 Å². The number of unbranched alkanes of at least 4 members (excludes halogenated alkanes) is 2. The normalized spacial score (nSPS) is 13.4. The Bertz CT molecular complexity index is 1290. The van der Waals surface area contributed by atoms with E-state index in [0.29, 0.717) is 32.6 Å². The Morgan fingerprint density at radius 2 is 1.13 bits per heavy atom. The van der Waals surface area contributed by atoms with Gasteiger partial charge < -0.3 is 0 Å². The Balaban J connectivity index is 1.72. The molecule has 0 bridgehead atoms. The molecule has 0 N–H and O–H groups in total. The van der Waals surface area contributed by atoms with Gasteiger partial charge in [-0.2, -0.15) is 8.75 Å². The zero-order chi connectivity index (χ0) is 28.1. The molecule has 1 aromatic carbocycles. The average molecular weight is 719 g/mol. The summed E-state index contributed by atoms with van der Waals surface area (Å²) in [6.45, 7) is 8.87. The van der Waals surface area contributed by atoms with Crippen LogP contribution in [0.5, 0.6) is 0 Å². The summed E-state index contributed by atoms with van der Waals surface area (Å²) in [7, 11) is 0. The van der Waals surface area contributed by atoms with Crippen molar-refractivity contribution >= 4 is 77.3 Å². The molecule has 212 valence electrons. The standard InChI is InChI=1S/C30H36Br2F2N2S3/c1-5-9-11-17(7-3)13-19-15-21(37-29(19)31)23-25(33)26(34)24(28-27(23)35-39-36-28)22-16-20(30(32)38-22)14-18(8-4)12-10-6-2/h15-18H,5-14H2,1-4H3/t17-,18+. The van der Waals surface area contributed by atoms with Gasteiger partial charge in [0.2, 0.25) is 0 Å². The minimum absolute atomic E-state index is 0.222. The van der Waals surface area contributed by atoms with Crippen molar-refractivity contribution in [2.45, 2.75) is 91.9 Å². The largest absolute Gasteiger partial charge is 0.203 e. The van der Waals surface area contributed by atoms with Crippen molar-refractivity contribution in [1.29, 1.82) is 0 Å². The molecule has 9 heteroatoms. The topological polar surface area (TPSA) is 25.8 Å². The van der Waals surface area contributed by atoms with E-state index in [1.54, 1.807) is 0 Å². The molecule has 0 amide bonds. The summed E-state index contributed by atoms with van der Waals surface area (Å²) in [5.74, 6) is -0.531. The summed E-state index contributed by atoms with van der Waals surface area (Å²) in [6, 6.07) is 4.03. The van der Waals surface area contributed by atoms with Crippen molar-refractivity contribution in [2.75, 3.05) is 0 Å². The van der Waals surface area contributed by atoms with E-state index < -0.39 is 11.6 Å². The van der Waals surface area contributed by atoms with Crippen molar-refractivity contribution in [1.82, 2.24) is 8.75 Å². The molecule has 2 atom stereocenters. The van der Waals surface area contributed by atoms with E-state index in [9.17, 15) is 0 Å². The summed E-state index contributed by atoms with van der Waals surface area (Å²) >= 11 is 11.3. The van der Waals surface area contributed by atoms with Gasteiger partial charge in [-0.1, -0.05) is 79.1 Å². The Labute approximate surface area is 260 Å². The van der Waals surface area contributed by atoms with Crippen molar-refractivity contribution in [3.05, 3.63) is 42.5 Å². The fourth-order valence-electron chi connectivity index (χ4n) is 5.24. The van der Waals surface area contributed by atoms with Gasteiger partial charge in [-0.05, 0) is 79.8 Å². The van der Waals surface area contributed by atoms with Gasteiger partial charge in [0, 0.05) is 9.75 Å². The van der Waals surface area contributed by atoms with E-state index in [-0.39, 0.29) is 11.1 Å². The highest BCUT2D eigenvalue weighted by molar-refractivity contribution is 9.11. The summed E-state index contributed by atoms with van der Waals surface area (Å²) in [6.07, 6.45) is 11.2. The molecule has 4 aromatic rings. The van der Waals surface area contributed by atoms with Crippen molar-refractivity contribution in [3.63, 3.8) is 0 Å². The average Bonchev–Trinajstić information content (AvgIpc) is 3.64. The van der Waals surface area contributed by atoms with E-state index in [1.807, 2.05) is 12.1 Å². The third-order valence-corrected chi connectivity index (χ3v) is 12.2. The van der Waals surface area contributed by atoms with Crippen LogP contribution in [-0.4, -0.2) is 8.75 Å². The molecule has 3 heterocycles. The van der Waals surface area contributed by atoms with Crippen LogP contribution in [0.25, 0.3) is 31.9 Å². The lowest BCUT2D eigenvalue weighted by Crippen LogP contribution is -2.03. The molecular weight excluding hydrogens is 682 g/mol. The number of rotatable bonds is 14. The van der Waals surface area contributed by atoms with Crippen molar-refractivity contribution in [3.8, 4) is 20.9 Å².